The minimum absolute atomic E-state index is 0.0627. The van der Waals surface area contributed by atoms with Crippen molar-refractivity contribution in [2.75, 3.05) is 0 Å². The Morgan fingerprint density at radius 2 is 2.11 bits per heavy atom. The fourth-order valence-electron chi connectivity index (χ4n) is 1.78. The number of carbonyl (C=O) groups is 1. The fraction of sp³-hybridized carbons (Fsp3) is 0.0769. The number of aromatic nitrogens is 1. The van der Waals surface area contributed by atoms with Gasteiger partial charge in [-0.3, -0.25) is 14.9 Å². The largest absolute Gasteiger partial charge is 0.366 e. The van der Waals surface area contributed by atoms with Crippen molar-refractivity contribution in [3.63, 3.8) is 0 Å². The Hall–Kier alpha value is -2.76. The number of nitrogens with zero attached hydrogens (tertiary/aromatic N) is 2. The van der Waals surface area contributed by atoms with Crippen LogP contribution >= 0.6 is 0 Å². The maximum absolute atomic E-state index is 11.1. The zero-order valence-corrected chi connectivity index (χ0v) is 10.2. The van der Waals surface area contributed by atoms with Crippen molar-refractivity contribution in [3.8, 4) is 11.3 Å². The molecule has 0 aliphatic carbocycles. The Labute approximate surface area is 109 Å². The summed E-state index contributed by atoms with van der Waals surface area (Å²) in [5, 5.41) is 10.6. The number of carbonyl (C=O) groups excluding carboxylic acids is 1. The zero-order valence-electron chi connectivity index (χ0n) is 10.2. The van der Waals surface area contributed by atoms with Crippen molar-refractivity contribution in [1.82, 2.24) is 4.98 Å². The summed E-state index contributed by atoms with van der Waals surface area (Å²) in [6.07, 6.45) is 1.19. The molecule has 0 unspecified atom stereocenters. The molecule has 0 aliphatic heterocycles. The second-order valence-corrected chi connectivity index (χ2v) is 4.06. The van der Waals surface area contributed by atoms with E-state index in [4.69, 9.17) is 5.73 Å². The van der Waals surface area contributed by atoms with Gasteiger partial charge in [0.15, 0.2) is 0 Å². The van der Waals surface area contributed by atoms with Crippen molar-refractivity contribution in [1.29, 1.82) is 0 Å². The third-order valence-electron chi connectivity index (χ3n) is 2.70. The van der Waals surface area contributed by atoms with Gasteiger partial charge in [-0.2, -0.15) is 0 Å². The van der Waals surface area contributed by atoms with Crippen molar-refractivity contribution < 1.29 is 9.72 Å². The highest BCUT2D eigenvalue weighted by Crippen LogP contribution is 2.24. The van der Waals surface area contributed by atoms with Crippen LogP contribution in [0.5, 0.6) is 0 Å². The first kappa shape index (κ1) is 12.7. The smallest absolute Gasteiger partial charge is 0.287 e. The predicted molar refractivity (Wildman–Crippen MR) is 69.6 cm³/mol. The molecule has 0 saturated heterocycles. The Bertz CT molecular complexity index is 668. The summed E-state index contributed by atoms with van der Waals surface area (Å²) in [6, 6.07) is 8.13. The summed E-state index contributed by atoms with van der Waals surface area (Å²) in [5.74, 6) is -0.526. The van der Waals surface area contributed by atoms with E-state index < -0.39 is 10.8 Å². The highest BCUT2D eigenvalue weighted by Gasteiger charge is 2.11. The molecule has 2 N–H and O–H groups in total. The van der Waals surface area contributed by atoms with Gasteiger partial charge in [0.2, 0.25) is 5.91 Å². The minimum Gasteiger partial charge on any atom is -0.366 e. The van der Waals surface area contributed by atoms with E-state index in [9.17, 15) is 14.9 Å². The highest BCUT2D eigenvalue weighted by molar-refractivity contribution is 5.94. The van der Waals surface area contributed by atoms with Crippen LogP contribution in [0.25, 0.3) is 11.3 Å². The Kier molecular flexibility index (Phi) is 3.24. The number of benzene rings is 1. The number of nitro groups is 1. The summed E-state index contributed by atoms with van der Waals surface area (Å²) >= 11 is 0. The first-order valence-corrected chi connectivity index (χ1v) is 5.50. The number of nitrogens with two attached hydrogens (primary N) is 1. The molecule has 0 fully saturated rings. The first-order chi connectivity index (χ1) is 8.99. The first-order valence-electron chi connectivity index (χ1n) is 5.50. The van der Waals surface area contributed by atoms with E-state index in [0.717, 1.165) is 0 Å². The lowest BCUT2D eigenvalue weighted by molar-refractivity contribution is -0.385. The fourth-order valence-corrected chi connectivity index (χ4v) is 1.78. The molecule has 2 aromatic rings. The molecular formula is C13H11N3O3. The Morgan fingerprint density at radius 3 is 2.68 bits per heavy atom. The highest BCUT2D eigenvalue weighted by atomic mass is 16.6. The SMILES string of the molecule is Cc1cc([N+](=O)[O-])cnc1-c1cccc(C(N)=O)c1. The molecule has 96 valence electrons. The van der Waals surface area contributed by atoms with Gasteiger partial charge in [0, 0.05) is 17.2 Å². The maximum Gasteiger partial charge on any atom is 0.287 e. The average Bonchev–Trinajstić information content (AvgIpc) is 2.38. The third kappa shape index (κ3) is 2.57. The molecule has 0 aliphatic rings. The number of aryl methyl sites for hydroxylation is 1. The van der Waals surface area contributed by atoms with Crippen LogP contribution in [0, 0.1) is 17.0 Å². The van der Waals surface area contributed by atoms with Gasteiger partial charge in [-0.15, -0.1) is 0 Å². The second-order valence-electron chi connectivity index (χ2n) is 4.06. The van der Waals surface area contributed by atoms with Crippen LogP contribution in [0.2, 0.25) is 0 Å². The molecule has 1 heterocycles. The number of rotatable bonds is 3. The molecular weight excluding hydrogens is 246 g/mol. The van der Waals surface area contributed by atoms with Crippen molar-refractivity contribution in [3.05, 3.63) is 57.8 Å². The normalized spacial score (nSPS) is 10.2. The van der Waals surface area contributed by atoms with E-state index in [1.807, 2.05) is 0 Å². The van der Waals surface area contributed by atoms with E-state index in [0.29, 0.717) is 22.4 Å². The van der Waals surface area contributed by atoms with E-state index in [1.165, 1.54) is 12.3 Å². The number of hydrogen-bond donors (Lipinski definition) is 1. The standard InChI is InChI=1S/C13H11N3O3/c1-8-5-11(16(18)19)7-15-12(8)9-3-2-4-10(6-9)13(14)17/h2-7H,1H3,(H2,14,17). The van der Waals surface area contributed by atoms with Gasteiger partial charge in [-0.25, -0.2) is 4.98 Å². The van der Waals surface area contributed by atoms with Gasteiger partial charge in [0.1, 0.15) is 6.20 Å². The van der Waals surface area contributed by atoms with Gasteiger partial charge >= 0.3 is 0 Å². The summed E-state index contributed by atoms with van der Waals surface area (Å²) in [6.45, 7) is 1.73. The van der Waals surface area contributed by atoms with E-state index in [-0.39, 0.29) is 5.69 Å². The molecule has 6 nitrogen and oxygen atoms in total. The molecule has 0 atom stereocenters. The van der Waals surface area contributed by atoms with Crippen LogP contribution in [0.3, 0.4) is 0 Å². The molecule has 19 heavy (non-hydrogen) atoms. The second kappa shape index (κ2) is 4.85. The third-order valence-corrected chi connectivity index (χ3v) is 2.70. The van der Waals surface area contributed by atoms with Gasteiger partial charge in [-0.05, 0) is 24.6 Å². The van der Waals surface area contributed by atoms with Crippen LogP contribution in [0.4, 0.5) is 5.69 Å². The van der Waals surface area contributed by atoms with Crippen molar-refractivity contribution in [2.45, 2.75) is 6.92 Å². The molecule has 6 heteroatoms. The average molecular weight is 257 g/mol. The summed E-state index contributed by atoms with van der Waals surface area (Å²) in [7, 11) is 0. The topological polar surface area (TPSA) is 99.1 Å². The van der Waals surface area contributed by atoms with Gasteiger partial charge < -0.3 is 5.73 Å². The number of hydrogen-bond acceptors (Lipinski definition) is 4. The molecule has 1 aromatic carbocycles. The zero-order chi connectivity index (χ0) is 14.0. The summed E-state index contributed by atoms with van der Waals surface area (Å²) in [4.78, 5) is 25.4. The molecule has 1 aromatic heterocycles. The van der Waals surface area contributed by atoms with E-state index in [1.54, 1.807) is 31.2 Å². The Balaban J connectivity index is 2.50. The van der Waals surface area contributed by atoms with Gasteiger partial charge in [-0.1, -0.05) is 12.1 Å². The molecule has 0 bridgehead atoms. The number of amides is 1. The minimum atomic E-state index is -0.526. The lowest BCUT2D eigenvalue weighted by Crippen LogP contribution is -2.10. The predicted octanol–water partition coefficient (Wildman–Crippen LogP) is 2.06. The molecule has 0 spiro atoms. The molecule has 0 saturated carbocycles. The lowest BCUT2D eigenvalue weighted by Gasteiger charge is -2.05. The molecule has 2 rings (SSSR count). The van der Waals surface area contributed by atoms with Crippen LogP contribution in [-0.4, -0.2) is 15.8 Å². The van der Waals surface area contributed by atoms with Crippen LogP contribution in [0.1, 0.15) is 15.9 Å². The van der Waals surface area contributed by atoms with Gasteiger partial charge in [0.05, 0.1) is 10.6 Å². The maximum atomic E-state index is 11.1. The van der Waals surface area contributed by atoms with Crippen LogP contribution in [0.15, 0.2) is 36.5 Å². The van der Waals surface area contributed by atoms with Crippen LogP contribution in [-0.2, 0) is 0 Å². The van der Waals surface area contributed by atoms with Gasteiger partial charge in [0.25, 0.3) is 5.69 Å². The quantitative estimate of drug-likeness (QED) is 0.671. The van der Waals surface area contributed by atoms with Crippen molar-refractivity contribution >= 4 is 11.6 Å². The number of pyridine rings is 1. The molecule has 0 radical (unpaired) electrons. The molecule has 1 amide bonds. The van der Waals surface area contributed by atoms with Crippen LogP contribution < -0.4 is 5.73 Å². The number of primary amides is 1. The summed E-state index contributed by atoms with van der Waals surface area (Å²) < 4.78 is 0. The van der Waals surface area contributed by atoms with E-state index >= 15 is 0 Å². The summed E-state index contributed by atoms with van der Waals surface area (Å²) in [5.41, 5.74) is 7.48. The lowest BCUT2D eigenvalue weighted by atomic mass is 10.0. The Morgan fingerprint density at radius 1 is 1.37 bits per heavy atom. The van der Waals surface area contributed by atoms with E-state index in [2.05, 4.69) is 4.98 Å². The monoisotopic (exact) mass is 257 g/mol. The van der Waals surface area contributed by atoms with Crippen molar-refractivity contribution in [2.24, 2.45) is 5.73 Å².